The minimum Gasteiger partial charge on any atom is -0.394 e. The SMILES string of the molecule is CC(=O)N[C@@H](C)C(=O)N[C@@H](C)C(=O)N[C@@H](C)C(=O)N[C@@H](CO)C(=O)N[C@@H](CC(C)C)C(N)=O. The molecule has 0 fully saturated rings. The largest absolute Gasteiger partial charge is 0.394 e. The van der Waals surface area contributed by atoms with Gasteiger partial charge in [0.15, 0.2) is 0 Å². The van der Waals surface area contributed by atoms with Gasteiger partial charge in [-0.15, -0.1) is 0 Å². The summed E-state index contributed by atoms with van der Waals surface area (Å²) in [6.07, 6.45) is 0.282. The van der Waals surface area contributed by atoms with Gasteiger partial charge in [0.05, 0.1) is 6.61 Å². The maximum absolute atomic E-state index is 12.4. The van der Waals surface area contributed by atoms with Gasteiger partial charge >= 0.3 is 0 Å². The molecule has 0 aromatic carbocycles. The van der Waals surface area contributed by atoms with Crippen LogP contribution in [0.25, 0.3) is 0 Å². The molecule has 0 rings (SSSR count). The molecule has 0 radical (unpaired) electrons. The summed E-state index contributed by atoms with van der Waals surface area (Å²) in [4.78, 5) is 71.5. The number of carbonyl (C=O) groups is 6. The first-order valence-electron chi connectivity index (χ1n) is 10.6. The molecule has 6 amide bonds. The van der Waals surface area contributed by atoms with Crippen LogP contribution in [0, 0.1) is 5.92 Å². The van der Waals surface area contributed by atoms with Gasteiger partial charge in [-0.25, -0.2) is 0 Å². The van der Waals surface area contributed by atoms with Crippen molar-refractivity contribution in [1.29, 1.82) is 0 Å². The van der Waals surface area contributed by atoms with Crippen molar-refractivity contribution in [2.75, 3.05) is 6.61 Å². The van der Waals surface area contributed by atoms with Crippen molar-refractivity contribution < 1.29 is 33.9 Å². The summed E-state index contributed by atoms with van der Waals surface area (Å²) in [7, 11) is 0. The van der Waals surface area contributed by atoms with E-state index in [0.717, 1.165) is 0 Å². The van der Waals surface area contributed by atoms with Crippen LogP contribution in [-0.2, 0) is 28.8 Å². The molecule has 0 bridgehead atoms. The number of rotatable bonds is 13. The van der Waals surface area contributed by atoms with Gasteiger partial charge < -0.3 is 37.4 Å². The third kappa shape index (κ3) is 11.3. The molecule has 0 saturated carbocycles. The predicted molar refractivity (Wildman–Crippen MR) is 118 cm³/mol. The topological polar surface area (TPSA) is 209 Å². The highest BCUT2D eigenvalue weighted by Gasteiger charge is 2.28. The number of nitrogens with two attached hydrogens (primary N) is 1. The highest BCUT2D eigenvalue weighted by Crippen LogP contribution is 2.04. The quantitative estimate of drug-likeness (QED) is 0.148. The molecular weight excluding hydrogens is 436 g/mol. The third-order valence-electron chi connectivity index (χ3n) is 4.50. The molecular formula is C20H36N6O7. The van der Waals surface area contributed by atoms with Crippen LogP contribution in [0.15, 0.2) is 0 Å². The molecule has 0 aromatic rings. The van der Waals surface area contributed by atoms with Crippen LogP contribution in [0.1, 0.15) is 48.0 Å². The molecule has 0 spiro atoms. The van der Waals surface area contributed by atoms with E-state index in [0.29, 0.717) is 0 Å². The van der Waals surface area contributed by atoms with Gasteiger partial charge in [0.1, 0.15) is 30.2 Å². The van der Waals surface area contributed by atoms with Gasteiger partial charge in [-0.2, -0.15) is 0 Å². The Hall–Kier alpha value is -3.22. The Labute approximate surface area is 193 Å². The fraction of sp³-hybridized carbons (Fsp3) is 0.700. The summed E-state index contributed by atoms with van der Waals surface area (Å²) in [6, 6.07) is -5.34. The lowest BCUT2D eigenvalue weighted by Gasteiger charge is -2.24. The maximum Gasteiger partial charge on any atom is 0.245 e. The normalized spacial score (nSPS) is 15.3. The highest BCUT2D eigenvalue weighted by molar-refractivity contribution is 5.95. The van der Waals surface area contributed by atoms with E-state index in [9.17, 15) is 33.9 Å². The van der Waals surface area contributed by atoms with Crippen molar-refractivity contribution in [2.45, 2.75) is 78.2 Å². The highest BCUT2D eigenvalue weighted by atomic mass is 16.3. The number of hydrogen-bond donors (Lipinski definition) is 7. The zero-order chi connectivity index (χ0) is 25.9. The number of nitrogens with one attached hydrogen (secondary N) is 5. The van der Waals surface area contributed by atoms with Crippen LogP contribution >= 0.6 is 0 Å². The first kappa shape index (κ1) is 29.8. The molecule has 0 saturated heterocycles. The van der Waals surface area contributed by atoms with Gasteiger partial charge in [-0.1, -0.05) is 13.8 Å². The molecule has 13 nitrogen and oxygen atoms in total. The van der Waals surface area contributed by atoms with E-state index in [4.69, 9.17) is 5.73 Å². The molecule has 0 unspecified atom stereocenters. The first-order chi connectivity index (χ1) is 15.2. The Morgan fingerprint density at radius 2 is 1.06 bits per heavy atom. The Kier molecular flexibility index (Phi) is 12.7. The zero-order valence-corrected chi connectivity index (χ0v) is 19.9. The van der Waals surface area contributed by atoms with Crippen molar-refractivity contribution in [2.24, 2.45) is 11.7 Å². The standard InChI is InChI=1S/C20H36N6O7/c1-9(2)7-14(16(21)29)25-20(33)15(8-27)26-19(32)12(5)24-18(31)11(4)23-17(30)10(3)22-13(6)28/h9-12,14-15,27H,7-8H2,1-6H3,(H2,21,29)(H,22,28)(H,23,30)(H,24,31)(H,25,33)(H,26,32)/t10-,11-,12-,14-,15-/m0/s1. The average Bonchev–Trinajstić information content (AvgIpc) is 2.69. The summed E-state index contributed by atoms with van der Waals surface area (Å²) in [6.45, 7) is 8.35. The molecule has 188 valence electrons. The lowest BCUT2D eigenvalue weighted by molar-refractivity contribution is -0.134. The van der Waals surface area contributed by atoms with Crippen molar-refractivity contribution in [1.82, 2.24) is 26.6 Å². The Balaban J connectivity index is 4.87. The number of amides is 6. The second kappa shape index (κ2) is 14.0. The number of aliphatic hydroxyl groups excluding tert-OH is 1. The molecule has 0 aliphatic carbocycles. The van der Waals surface area contributed by atoms with E-state index >= 15 is 0 Å². The fourth-order valence-corrected chi connectivity index (χ4v) is 2.66. The van der Waals surface area contributed by atoms with E-state index in [2.05, 4.69) is 26.6 Å². The second-order valence-electron chi connectivity index (χ2n) is 8.22. The molecule has 0 aromatic heterocycles. The minimum atomic E-state index is -1.37. The number of aliphatic hydroxyl groups is 1. The van der Waals surface area contributed by atoms with E-state index in [-0.39, 0.29) is 12.3 Å². The Morgan fingerprint density at radius 3 is 1.42 bits per heavy atom. The third-order valence-corrected chi connectivity index (χ3v) is 4.50. The van der Waals surface area contributed by atoms with E-state index in [1.807, 2.05) is 13.8 Å². The minimum absolute atomic E-state index is 0.0592. The molecule has 0 aliphatic heterocycles. The van der Waals surface area contributed by atoms with Crippen molar-refractivity contribution in [3.05, 3.63) is 0 Å². The molecule has 5 atom stereocenters. The summed E-state index contributed by atoms with van der Waals surface area (Å²) in [5.74, 6) is -3.95. The number of hydrogen-bond acceptors (Lipinski definition) is 7. The monoisotopic (exact) mass is 472 g/mol. The average molecular weight is 473 g/mol. The lowest BCUT2D eigenvalue weighted by atomic mass is 10.0. The van der Waals surface area contributed by atoms with Gasteiger partial charge in [-0.3, -0.25) is 28.8 Å². The summed E-state index contributed by atoms with van der Waals surface area (Å²) >= 11 is 0. The summed E-state index contributed by atoms with van der Waals surface area (Å²) in [5, 5.41) is 21.3. The van der Waals surface area contributed by atoms with E-state index in [1.54, 1.807) is 0 Å². The number of primary amides is 1. The lowest BCUT2D eigenvalue weighted by Crippen LogP contribution is -2.58. The van der Waals surface area contributed by atoms with Crippen molar-refractivity contribution in [3.63, 3.8) is 0 Å². The fourth-order valence-electron chi connectivity index (χ4n) is 2.66. The van der Waals surface area contributed by atoms with Crippen LogP contribution < -0.4 is 32.3 Å². The van der Waals surface area contributed by atoms with Gasteiger partial charge in [0.2, 0.25) is 35.4 Å². The van der Waals surface area contributed by atoms with Crippen LogP contribution in [0.5, 0.6) is 0 Å². The molecule has 0 aliphatic rings. The number of carbonyl (C=O) groups excluding carboxylic acids is 6. The van der Waals surface area contributed by atoms with Crippen LogP contribution in [0.2, 0.25) is 0 Å². The van der Waals surface area contributed by atoms with Gasteiger partial charge in [0, 0.05) is 6.92 Å². The molecule has 13 heteroatoms. The Morgan fingerprint density at radius 1 is 0.667 bits per heavy atom. The second-order valence-corrected chi connectivity index (χ2v) is 8.22. The molecule has 33 heavy (non-hydrogen) atoms. The maximum atomic E-state index is 12.4. The Bertz CT molecular complexity index is 742. The smallest absolute Gasteiger partial charge is 0.245 e. The van der Waals surface area contributed by atoms with Gasteiger partial charge in [0.25, 0.3) is 0 Å². The zero-order valence-electron chi connectivity index (χ0n) is 19.9. The first-order valence-corrected chi connectivity index (χ1v) is 10.6. The predicted octanol–water partition coefficient (Wildman–Crippen LogP) is -2.99. The van der Waals surface area contributed by atoms with Crippen LogP contribution in [0.4, 0.5) is 0 Å². The summed E-state index contributed by atoms with van der Waals surface area (Å²) in [5.41, 5.74) is 5.28. The molecule has 0 heterocycles. The van der Waals surface area contributed by atoms with Crippen molar-refractivity contribution >= 4 is 35.4 Å². The van der Waals surface area contributed by atoms with E-state index in [1.165, 1.54) is 27.7 Å². The van der Waals surface area contributed by atoms with Crippen LogP contribution in [0.3, 0.4) is 0 Å². The van der Waals surface area contributed by atoms with Crippen LogP contribution in [-0.4, -0.2) is 77.4 Å². The van der Waals surface area contributed by atoms with E-state index < -0.39 is 72.3 Å². The van der Waals surface area contributed by atoms with Gasteiger partial charge in [-0.05, 0) is 33.1 Å². The summed E-state index contributed by atoms with van der Waals surface area (Å²) < 4.78 is 0. The molecule has 8 N–H and O–H groups in total. The van der Waals surface area contributed by atoms with Crippen molar-refractivity contribution in [3.8, 4) is 0 Å².